The van der Waals surface area contributed by atoms with E-state index in [9.17, 15) is 22.7 Å². The Bertz CT molecular complexity index is 711. The maximum absolute atomic E-state index is 14.3. The highest BCUT2D eigenvalue weighted by Crippen LogP contribution is 2.41. The van der Waals surface area contributed by atoms with Gasteiger partial charge in [-0.1, -0.05) is 44.2 Å². The van der Waals surface area contributed by atoms with Crippen molar-refractivity contribution < 1.29 is 22.7 Å². The first kappa shape index (κ1) is 28.1. The number of halogens is 4. The van der Waals surface area contributed by atoms with Gasteiger partial charge in [-0.15, -0.1) is 0 Å². The van der Waals surface area contributed by atoms with E-state index in [1.807, 2.05) is 32.1 Å². The van der Waals surface area contributed by atoms with Crippen LogP contribution in [0.15, 0.2) is 60.4 Å². The number of aliphatic hydroxyl groups is 1. The Morgan fingerprint density at radius 1 is 1.38 bits per heavy atom. The summed E-state index contributed by atoms with van der Waals surface area (Å²) in [7, 11) is 1.72. The van der Waals surface area contributed by atoms with E-state index in [2.05, 4.69) is 17.2 Å². The molecular weight excluding hydrogens is 422 g/mol. The number of hydrogen-bond acceptors (Lipinski definition) is 4. The molecular formula is C24H37F4N3O. The van der Waals surface area contributed by atoms with Crippen molar-refractivity contribution in [2.45, 2.75) is 64.3 Å². The predicted octanol–water partition coefficient (Wildman–Crippen LogP) is 4.98. The second-order valence-electron chi connectivity index (χ2n) is 8.18. The topological polar surface area (TPSA) is 47.5 Å². The molecule has 3 N–H and O–H groups in total. The van der Waals surface area contributed by atoms with Crippen molar-refractivity contribution in [3.05, 3.63) is 60.4 Å². The van der Waals surface area contributed by atoms with E-state index in [0.717, 1.165) is 43.9 Å². The predicted molar refractivity (Wildman–Crippen MR) is 122 cm³/mol. The van der Waals surface area contributed by atoms with E-state index in [0.29, 0.717) is 13.1 Å². The van der Waals surface area contributed by atoms with Gasteiger partial charge in [-0.25, -0.2) is 4.39 Å². The molecule has 0 heterocycles. The second kappa shape index (κ2) is 13.0. The summed E-state index contributed by atoms with van der Waals surface area (Å²) in [6, 6.07) is 0.00537. The molecule has 0 aromatic rings. The Kier molecular flexibility index (Phi) is 11.4. The molecule has 0 saturated heterocycles. The van der Waals surface area contributed by atoms with Crippen molar-refractivity contribution in [2.24, 2.45) is 5.92 Å². The van der Waals surface area contributed by atoms with Gasteiger partial charge in [0.15, 0.2) is 6.35 Å². The molecule has 0 amide bonds. The molecule has 0 aromatic heterocycles. The van der Waals surface area contributed by atoms with Crippen molar-refractivity contribution in [3.8, 4) is 0 Å². The van der Waals surface area contributed by atoms with Gasteiger partial charge in [0.25, 0.3) is 0 Å². The van der Waals surface area contributed by atoms with Gasteiger partial charge in [0, 0.05) is 18.3 Å². The van der Waals surface area contributed by atoms with Gasteiger partial charge < -0.3 is 15.7 Å². The summed E-state index contributed by atoms with van der Waals surface area (Å²) in [6.07, 6.45) is 7.01. The smallest absolute Gasteiger partial charge is 0.361 e. The highest BCUT2D eigenvalue weighted by Gasteiger charge is 2.50. The van der Waals surface area contributed by atoms with Crippen molar-refractivity contribution in [1.82, 2.24) is 15.5 Å². The third kappa shape index (κ3) is 8.92. The largest absolute Gasteiger partial charge is 0.398 e. The fraction of sp³-hybridized carbons (Fsp3) is 0.583. The number of rotatable bonds is 13. The maximum atomic E-state index is 14.3. The van der Waals surface area contributed by atoms with Crippen LogP contribution >= 0.6 is 0 Å². The van der Waals surface area contributed by atoms with E-state index in [-0.39, 0.29) is 11.7 Å². The van der Waals surface area contributed by atoms with E-state index in [4.69, 9.17) is 0 Å². The Morgan fingerprint density at radius 3 is 2.62 bits per heavy atom. The molecule has 4 unspecified atom stereocenters. The number of alkyl halides is 4. The molecule has 0 aliphatic heterocycles. The van der Waals surface area contributed by atoms with Gasteiger partial charge in [-0.05, 0) is 64.1 Å². The van der Waals surface area contributed by atoms with Crippen LogP contribution in [-0.4, -0.2) is 54.4 Å². The number of nitrogens with zero attached hydrogens (tertiary/aromatic N) is 1. The minimum Gasteiger partial charge on any atom is -0.361 e. The molecule has 0 saturated carbocycles. The van der Waals surface area contributed by atoms with Crippen LogP contribution < -0.4 is 10.6 Å². The average Bonchev–Trinajstić information content (AvgIpc) is 2.72. The third-order valence-electron chi connectivity index (χ3n) is 5.58. The van der Waals surface area contributed by atoms with Crippen molar-refractivity contribution in [1.29, 1.82) is 0 Å². The van der Waals surface area contributed by atoms with Crippen LogP contribution in [0.5, 0.6) is 0 Å². The number of nitrogens with one attached hydrogen (secondary N) is 2. The first-order valence-corrected chi connectivity index (χ1v) is 10.9. The normalized spacial score (nSPS) is 24.0. The quantitative estimate of drug-likeness (QED) is 0.157. The summed E-state index contributed by atoms with van der Waals surface area (Å²) in [5.41, 5.74) is -1.35. The van der Waals surface area contributed by atoms with Gasteiger partial charge in [0.1, 0.15) is 11.6 Å². The lowest BCUT2D eigenvalue weighted by atomic mass is 9.85. The fourth-order valence-electron chi connectivity index (χ4n) is 3.55. The molecule has 182 valence electrons. The summed E-state index contributed by atoms with van der Waals surface area (Å²) in [5, 5.41) is 16.6. The van der Waals surface area contributed by atoms with Crippen molar-refractivity contribution in [2.75, 3.05) is 20.1 Å². The zero-order chi connectivity index (χ0) is 24.4. The van der Waals surface area contributed by atoms with Crippen LogP contribution in [0.3, 0.4) is 0 Å². The first-order valence-electron chi connectivity index (χ1n) is 10.9. The lowest BCUT2D eigenvalue weighted by molar-refractivity contribution is -0.185. The molecule has 4 atom stereocenters. The monoisotopic (exact) mass is 459 g/mol. The minimum absolute atomic E-state index is 0.00537. The average molecular weight is 460 g/mol. The number of hydrogen-bond donors (Lipinski definition) is 3. The molecule has 4 nitrogen and oxygen atoms in total. The molecule has 0 aromatic carbocycles. The SMILES string of the molecule is C=C/C=C\C(=C/C)CNCCC(CCC)N(C)C(O)NC1=CC(C(F)(F)F)C(C)(F)C=C1. The third-order valence-corrected chi connectivity index (χ3v) is 5.58. The van der Waals surface area contributed by atoms with Gasteiger partial charge in [0.2, 0.25) is 0 Å². The summed E-state index contributed by atoms with van der Waals surface area (Å²) < 4.78 is 53.9. The molecule has 0 bridgehead atoms. The molecule has 1 rings (SSSR count). The zero-order valence-corrected chi connectivity index (χ0v) is 19.4. The van der Waals surface area contributed by atoms with Crippen LogP contribution in [0.25, 0.3) is 0 Å². The van der Waals surface area contributed by atoms with E-state index < -0.39 is 24.1 Å². The highest BCUT2D eigenvalue weighted by molar-refractivity contribution is 5.29. The fourth-order valence-corrected chi connectivity index (χ4v) is 3.55. The first-order chi connectivity index (χ1) is 15.0. The number of allylic oxidation sites excluding steroid dienone is 6. The Hall–Kier alpha value is -1.90. The van der Waals surface area contributed by atoms with E-state index >= 15 is 0 Å². The van der Waals surface area contributed by atoms with Crippen molar-refractivity contribution in [3.63, 3.8) is 0 Å². The molecule has 1 aliphatic rings. The Labute approximate surface area is 189 Å². The molecule has 0 spiro atoms. The standard InChI is InChI=1S/C24H37F4N3O/c1-6-9-11-18(8-3)17-29-15-13-20(10-7-2)31(5)22(32)30-19-12-14-23(4,25)21(16-19)24(26,27)28/h6,8-9,11-12,14,16,20-22,29-30,32H,1,7,10,13,15,17H2,2-5H3/b11-9-,18-8+. The Balaban J connectivity index is 2.71. The molecule has 32 heavy (non-hydrogen) atoms. The van der Waals surface area contributed by atoms with Crippen LogP contribution in [-0.2, 0) is 0 Å². The summed E-state index contributed by atoms with van der Waals surface area (Å²) >= 11 is 0. The van der Waals surface area contributed by atoms with Crippen molar-refractivity contribution >= 4 is 0 Å². The van der Waals surface area contributed by atoms with Crippen LogP contribution in [0.2, 0.25) is 0 Å². The van der Waals surface area contributed by atoms with Gasteiger partial charge >= 0.3 is 6.18 Å². The summed E-state index contributed by atoms with van der Waals surface area (Å²) in [5.74, 6) is -2.27. The highest BCUT2D eigenvalue weighted by atomic mass is 19.4. The lowest BCUT2D eigenvalue weighted by Crippen LogP contribution is -2.49. The van der Waals surface area contributed by atoms with Gasteiger partial charge in [-0.3, -0.25) is 4.90 Å². The Morgan fingerprint density at radius 2 is 2.06 bits per heavy atom. The molecule has 0 fully saturated rings. The van der Waals surface area contributed by atoms with Crippen LogP contribution in [0.4, 0.5) is 17.6 Å². The van der Waals surface area contributed by atoms with Gasteiger partial charge in [0.05, 0.1) is 0 Å². The zero-order valence-electron chi connectivity index (χ0n) is 19.4. The summed E-state index contributed by atoms with van der Waals surface area (Å²) in [4.78, 5) is 1.69. The van der Waals surface area contributed by atoms with Crippen LogP contribution in [0.1, 0.15) is 40.0 Å². The van der Waals surface area contributed by atoms with E-state index in [1.165, 1.54) is 6.08 Å². The minimum atomic E-state index is -4.72. The van der Waals surface area contributed by atoms with E-state index in [1.54, 1.807) is 18.0 Å². The second-order valence-corrected chi connectivity index (χ2v) is 8.18. The lowest BCUT2D eigenvalue weighted by Gasteiger charge is -2.35. The van der Waals surface area contributed by atoms with Gasteiger partial charge in [-0.2, -0.15) is 13.2 Å². The molecule has 1 aliphatic carbocycles. The van der Waals surface area contributed by atoms with Crippen LogP contribution in [0, 0.1) is 5.92 Å². The maximum Gasteiger partial charge on any atom is 0.398 e. The molecule has 0 radical (unpaired) electrons. The number of aliphatic hydroxyl groups excluding tert-OH is 1. The molecule has 8 heteroatoms. The summed E-state index contributed by atoms with van der Waals surface area (Å²) in [6.45, 7) is 9.96.